The van der Waals surface area contributed by atoms with Crippen molar-refractivity contribution in [2.75, 3.05) is 40.4 Å². The van der Waals surface area contributed by atoms with Crippen molar-refractivity contribution in [3.8, 4) is 0 Å². The fourth-order valence-corrected chi connectivity index (χ4v) is 4.70. The molecular formula is C22H32FN3O3. The SMILES string of the molecule is CN(C)C(=O)C1(CNC(=O)NCC2(c3cccc(F)c3)CCOCC2)CCCC1. The summed E-state index contributed by atoms with van der Waals surface area (Å²) in [6.45, 7) is 1.91. The summed E-state index contributed by atoms with van der Waals surface area (Å²) in [4.78, 5) is 26.8. The van der Waals surface area contributed by atoms with Crippen LogP contribution in [0.1, 0.15) is 44.1 Å². The Balaban J connectivity index is 1.62. The Morgan fingerprint density at radius 1 is 1.07 bits per heavy atom. The third-order valence-electron chi connectivity index (χ3n) is 6.48. The standard InChI is InChI=1S/C22H32FN3O3/c1-26(2)19(27)22(8-3-4-9-22)16-25-20(28)24-15-21(10-12-29-13-11-21)17-6-5-7-18(23)14-17/h5-7,14H,3-4,8-13,15-16H2,1-2H3,(H2,24,25,28). The lowest BCUT2D eigenvalue weighted by atomic mass is 9.74. The Kier molecular flexibility index (Phi) is 6.77. The van der Waals surface area contributed by atoms with E-state index in [-0.39, 0.29) is 23.2 Å². The van der Waals surface area contributed by atoms with Crippen molar-refractivity contribution in [2.45, 2.75) is 43.9 Å². The number of hydrogen-bond donors (Lipinski definition) is 2. The van der Waals surface area contributed by atoms with Gasteiger partial charge in [0.05, 0.1) is 5.41 Å². The predicted octanol–water partition coefficient (Wildman–Crippen LogP) is 2.82. The van der Waals surface area contributed by atoms with Crippen molar-refractivity contribution in [1.29, 1.82) is 0 Å². The highest BCUT2D eigenvalue weighted by molar-refractivity contribution is 5.84. The van der Waals surface area contributed by atoms with Gasteiger partial charge < -0.3 is 20.3 Å². The molecule has 2 N–H and O–H groups in total. The van der Waals surface area contributed by atoms with Crippen LogP contribution in [-0.2, 0) is 14.9 Å². The van der Waals surface area contributed by atoms with E-state index in [1.807, 2.05) is 6.07 Å². The Hall–Kier alpha value is -2.15. The van der Waals surface area contributed by atoms with Crippen LogP contribution in [0.15, 0.2) is 24.3 Å². The summed E-state index contributed by atoms with van der Waals surface area (Å²) in [6.07, 6.45) is 5.06. The van der Waals surface area contributed by atoms with Gasteiger partial charge in [0.15, 0.2) is 0 Å². The van der Waals surface area contributed by atoms with Crippen LogP contribution >= 0.6 is 0 Å². The maximum Gasteiger partial charge on any atom is 0.314 e. The van der Waals surface area contributed by atoms with Gasteiger partial charge in [-0.2, -0.15) is 0 Å². The maximum absolute atomic E-state index is 13.8. The van der Waals surface area contributed by atoms with Crippen LogP contribution in [0.25, 0.3) is 0 Å². The van der Waals surface area contributed by atoms with Crippen LogP contribution in [0, 0.1) is 11.2 Å². The molecule has 1 aromatic carbocycles. The van der Waals surface area contributed by atoms with Gasteiger partial charge >= 0.3 is 6.03 Å². The molecule has 1 aliphatic carbocycles. The van der Waals surface area contributed by atoms with Crippen LogP contribution < -0.4 is 10.6 Å². The van der Waals surface area contributed by atoms with E-state index in [4.69, 9.17) is 4.74 Å². The molecule has 1 aliphatic heterocycles. The molecule has 0 atom stereocenters. The van der Waals surface area contributed by atoms with Gasteiger partial charge in [-0.05, 0) is 43.4 Å². The molecule has 1 heterocycles. The number of benzene rings is 1. The number of nitrogens with one attached hydrogen (secondary N) is 2. The summed E-state index contributed by atoms with van der Waals surface area (Å²) in [7, 11) is 3.52. The number of rotatable bonds is 6. The average Bonchev–Trinajstić information content (AvgIpc) is 3.21. The minimum Gasteiger partial charge on any atom is -0.381 e. The fraction of sp³-hybridized carbons (Fsp3) is 0.636. The summed E-state index contributed by atoms with van der Waals surface area (Å²) in [5.41, 5.74) is 0.0400. The summed E-state index contributed by atoms with van der Waals surface area (Å²) in [5.74, 6) is -0.195. The number of urea groups is 1. The summed E-state index contributed by atoms with van der Waals surface area (Å²) >= 11 is 0. The largest absolute Gasteiger partial charge is 0.381 e. The second kappa shape index (κ2) is 9.11. The van der Waals surface area contributed by atoms with Crippen molar-refractivity contribution in [3.05, 3.63) is 35.6 Å². The number of halogens is 1. The monoisotopic (exact) mass is 405 g/mol. The van der Waals surface area contributed by atoms with Crippen LogP contribution in [0.3, 0.4) is 0 Å². The van der Waals surface area contributed by atoms with Gasteiger partial charge in [-0.25, -0.2) is 9.18 Å². The molecule has 0 spiro atoms. The number of amides is 3. The summed E-state index contributed by atoms with van der Waals surface area (Å²) in [6, 6.07) is 6.31. The van der Waals surface area contributed by atoms with Crippen molar-refractivity contribution in [3.63, 3.8) is 0 Å². The first-order chi connectivity index (χ1) is 13.9. The zero-order valence-corrected chi connectivity index (χ0v) is 17.4. The summed E-state index contributed by atoms with van der Waals surface area (Å²) < 4.78 is 19.3. The Labute approximate surface area is 172 Å². The van der Waals surface area contributed by atoms with Crippen molar-refractivity contribution in [1.82, 2.24) is 15.5 Å². The molecule has 0 bridgehead atoms. The number of hydrogen-bond acceptors (Lipinski definition) is 3. The highest BCUT2D eigenvalue weighted by atomic mass is 19.1. The molecule has 6 nitrogen and oxygen atoms in total. The molecule has 29 heavy (non-hydrogen) atoms. The quantitative estimate of drug-likeness (QED) is 0.765. The average molecular weight is 406 g/mol. The molecular weight excluding hydrogens is 373 g/mol. The highest BCUT2D eigenvalue weighted by Gasteiger charge is 2.42. The number of carbonyl (C=O) groups excluding carboxylic acids is 2. The Bertz CT molecular complexity index is 726. The van der Waals surface area contributed by atoms with E-state index in [2.05, 4.69) is 10.6 Å². The lowest BCUT2D eigenvalue weighted by Crippen LogP contribution is -2.51. The smallest absolute Gasteiger partial charge is 0.314 e. The molecule has 3 amide bonds. The van der Waals surface area contributed by atoms with Crippen molar-refractivity contribution < 1.29 is 18.7 Å². The van der Waals surface area contributed by atoms with Crippen molar-refractivity contribution >= 4 is 11.9 Å². The van der Waals surface area contributed by atoms with Gasteiger partial charge in [-0.3, -0.25) is 4.79 Å². The molecule has 160 valence electrons. The van der Waals surface area contributed by atoms with E-state index in [1.165, 1.54) is 6.07 Å². The van der Waals surface area contributed by atoms with Gasteiger partial charge in [-0.1, -0.05) is 25.0 Å². The topological polar surface area (TPSA) is 70.7 Å². The fourth-order valence-electron chi connectivity index (χ4n) is 4.70. The minimum absolute atomic E-state index is 0.0796. The molecule has 0 unspecified atom stereocenters. The second-order valence-electron chi connectivity index (χ2n) is 8.63. The number of carbonyl (C=O) groups is 2. The zero-order valence-electron chi connectivity index (χ0n) is 17.4. The number of nitrogens with zero attached hydrogens (tertiary/aromatic N) is 1. The molecule has 2 fully saturated rings. The van der Waals surface area contributed by atoms with Crippen LogP contribution in [-0.4, -0.2) is 57.2 Å². The summed E-state index contributed by atoms with van der Waals surface area (Å²) in [5, 5.41) is 5.89. The van der Waals surface area contributed by atoms with E-state index in [1.54, 1.807) is 31.1 Å². The Morgan fingerprint density at radius 3 is 2.34 bits per heavy atom. The van der Waals surface area contributed by atoms with Gasteiger partial charge in [0, 0.05) is 45.8 Å². The van der Waals surface area contributed by atoms with Crippen LogP contribution in [0.4, 0.5) is 9.18 Å². The van der Waals surface area contributed by atoms with Crippen LogP contribution in [0.5, 0.6) is 0 Å². The van der Waals surface area contributed by atoms with Gasteiger partial charge in [0.25, 0.3) is 0 Å². The molecule has 1 aromatic rings. The lowest BCUT2D eigenvalue weighted by Gasteiger charge is -2.38. The lowest BCUT2D eigenvalue weighted by molar-refractivity contribution is -0.138. The van der Waals surface area contributed by atoms with Crippen LogP contribution in [0.2, 0.25) is 0 Å². The second-order valence-corrected chi connectivity index (χ2v) is 8.63. The van der Waals surface area contributed by atoms with Crippen molar-refractivity contribution in [2.24, 2.45) is 5.41 Å². The molecule has 0 radical (unpaired) electrons. The molecule has 3 rings (SSSR count). The highest BCUT2D eigenvalue weighted by Crippen LogP contribution is 2.39. The molecule has 2 aliphatic rings. The van der Waals surface area contributed by atoms with E-state index in [0.717, 1.165) is 44.1 Å². The molecule has 1 saturated heterocycles. The van der Waals surface area contributed by atoms with E-state index in [9.17, 15) is 14.0 Å². The predicted molar refractivity (Wildman–Crippen MR) is 109 cm³/mol. The van der Waals surface area contributed by atoms with Gasteiger partial charge in [-0.15, -0.1) is 0 Å². The molecule has 7 heteroatoms. The molecule has 0 aromatic heterocycles. The van der Waals surface area contributed by atoms with Gasteiger partial charge in [0.1, 0.15) is 5.82 Å². The van der Waals surface area contributed by atoms with E-state index < -0.39 is 5.41 Å². The Morgan fingerprint density at radius 2 is 1.72 bits per heavy atom. The molecule has 1 saturated carbocycles. The zero-order chi connectivity index (χ0) is 20.9. The van der Waals surface area contributed by atoms with Gasteiger partial charge in [0.2, 0.25) is 5.91 Å². The first-order valence-electron chi connectivity index (χ1n) is 10.4. The third-order valence-corrected chi connectivity index (χ3v) is 6.48. The first kappa shape index (κ1) is 21.6. The van der Waals surface area contributed by atoms with E-state index >= 15 is 0 Å². The maximum atomic E-state index is 13.8. The normalized spacial score (nSPS) is 20.1. The number of ether oxygens (including phenoxy) is 1. The first-order valence-corrected chi connectivity index (χ1v) is 10.4. The minimum atomic E-state index is -0.500. The van der Waals surface area contributed by atoms with E-state index in [0.29, 0.717) is 26.3 Å². The third kappa shape index (κ3) is 4.89.